The highest BCUT2D eigenvalue weighted by atomic mass is 79.9. The lowest BCUT2D eigenvalue weighted by Gasteiger charge is -2.16. The Morgan fingerprint density at radius 3 is 3.10 bits per heavy atom. The molecule has 0 aromatic carbocycles. The molecule has 0 saturated carbocycles. The number of carbonyl (C=O) groups is 1. The number of halogens is 1. The molecule has 21 heavy (non-hydrogen) atoms. The zero-order chi connectivity index (χ0) is 14.8. The van der Waals surface area contributed by atoms with Crippen LogP contribution in [-0.2, 0) is 0 Å². The van der Waals surface area contributed by atoms with Crippen LogP contribution in [-0.4, -0.2) is 35.0 Å². The van der Waals surface area contributed by atoms with Crippen molar-refractivity contribution in [2.75, 3.05) is 13.1 Å². The first-order valence-corrected chi connectivity index (χ1v) is 7.86. The van der Waals surface area contributed by atoms with Gasteiger partial charge in [-0.2, -0.15) is 0 Å². The topological polar surface area (TPSA) is 66.9 Å². The van der Waals surface area contributed by atoms with E-state index in [0.29, 0.717) is 24.2 Å². The number of nitrogens with one attached hydrogen (secondary N) is 2. The van der Waals surface area contributed by atoms with Crippen molar-refractivity contribution >= 4 is 32.7 Å². The summed E-state index contributed by atoms with van der Waals surface area (Å²) in [5.74, 6) is 0.455. The summed E-state index contributed by atoms with van der Waals surface area (Å²) in [4.78, 5) is 20.7. The van der Waals surface area contributed by atoms with Gasteiger partial charge < -0.3 is 10.6 Å². The van der Waals surface area contributed by atoms with E-state index < -0.39 is 0 Å². The third-order valence-corrected chi connectivity index (χ3v) is 4.54. The Balaban J connectivity index is 1.74. The predicted molar refractivity (Wildman–Crippen MR) is 85.1 cm³/mol. The van der Waals surface area contributed by atoms with Crippen molar-refractivity contribution < 1.29 is 4.79 Å². The highest BCUT2D eigenvalue weighted by Gasteiger charge is 2.23. The minimum absolute atomic E-state index is 0.137. The molecule has 1 aliphatic rings. The average Bonchev–Trinajstić information content (AvgIpc) is 2.90. The minimum Gasteiger partial charge on any atom is -0.349 e. The van der Waals surface area contributed by atoms with Gasteiger partial charge in [-0.05, 0) is 46.9 Å². The molecular formula is C15H17BrN4O. The van der Waals surface area contributed by atoms with Gasteiger partial charge in [0.05, 0.1) is 9.99 Å². The Hall–Kier alpha value is -1.53. The zero-order valence-corrected chi connectivity index (χ0v) is 13.4. The molecule has 0 spiro atoms. The van der Waals surface area contributed by atoms with E-state index in [-0.39, 0.29) is 5.91 Å². The van der Waals surface area contributed by atoms with Gasteiger partial charge in [0.2, 0.25) is 0 Å². The molecule has 2 N–H and O–H groups in total. The number of amides is 1. The Labute approximate surface area is 131 Å². The van der Waals surface area contributed by atoms with Crippen molar-refractivity contribution in [2.24, 2.45) is 5.92 Å². The van der Waals surface area contributed by atoms with Crippen LogP contribution in [0.15, 0.2) is 29.0 Å². The molecule has 2 atom stereocenters. The first-order valence-electron chi connectivity index (χ1n) is 7.07. The lowest BCUT2D eigenvalue weighted by atomic mass is 10.0. The van der Waals surface area contributed by atoms with Gasteiger partial charge in [0.15, 0.2) is 0 Å². The number of hydrogen-bond acceptors (Lipinski definition) is 4. The second-order valence-corrected chi connectivity index (χ2v) is 6.28. The van der Waals surface area contributed by atoms with Crippen LogP contribution in [0.4, 0.5) is 0 Å². The second-order valence-electron chi connectivity index (χ2n) is 5.43. The number of rotatable bonds is 3. The van der Waals surface area contributed by atoms with Gasteiger partial charge in [0.1, 0.15) is 5.69 Å². The Bertz CT molecular complexity index is 676. The molecule has 2 unspecified atom stereocenters. The Kier molecular flexibility index (Phi) is 4.17. The summed E-state index contributed by atoms with van der Waals surface area (Å²) in [6, 6.07) is 3.95. The van der Waals surface area contributed by atoms with Crippen molar-refractivity contribution in [1.82, 2.24) is 20.6 Å². The molecule has 0 bridgehead atoms. The Morgan fingerprint density at radius 2 is 2.33 bits per heavy atom. The largest absolute Gasteiger partial charge is 0.349 e. The maximum atomic E-state index is 12.2. The molecule has 0 aliphatic carbocycles. The molecule has 110 valence electrons. The van der Waals surface area contributed by atoms with Gasteiger partial charge >= 0.3 is 0 Å². The summed E-state index contributed by atoms with van der Waals surface area (Å²) < 4.78 is 0.792. The summed E-state index contributed by atoms with van der Waals surface area (Å²) in [5, 5.41) is 7.27. The normalized spacial score (nSPS) is 21.6. The maximum absolute atomic E-state index is 12.2. The predicted octanol–water partition coefficient (Wildman–Crippen LogP) is 2.12. The first kappa shape index (κ1) is 14.4. The average molecular weight is 349 g/mol. The molecule has 0 radical (unpaired) electrons. The molecule has 1 fully saturated rings. The summed E-state index contributed by atoms with van der Waals surface area (Å²) in [6.07, 6.45) is 4.58. The Morgan fingerprint density at radius 1 is 1.48 bits per heavy atom. The number of nitrogens with zero attached hydrogens (tertiary/aromatic N) is 2. The van der Waals surface area contributed by atoms with Crippen molar-refractivity contribution in [1.29, 1.82) is 0 Å². The minimum atomic E-state index is -0.137. The van der Waals surface area contributed by atoms with Crippen LogP contribution in [0.2, 0.25) is 0 Å². The molecule has 6 heteroatoms. The van der Waals surface area contributed by atoms with E-state index in [9.17, 15) is 4.79 Å². The van der Waals surface area contributed by atoms with E-state index in [1.807, 2.05) is 6.07 Å². The third-order valence-electron chi connectivity index (χ3n) is 3.96. The van der Waals surface area contributed by atoms with Crippen LogP contribution in [0, 0.1) is 5.92 Å². The van der Waals surface area contributed by atoms with Crippen molar-refractivity contribution in [3.05, 3.63) is 34.7 Å². The molecule has 1 aliphatic heterocycles. The monoisotopic (exact) mass is 348 g/mol. The summed E-state index contributed by atoms with van der Waals surface area (Å²) in [7, 11) is 0. The van der Waals surface area contributed by atoms with Gasteiger partial charge in [0, 0.05) is 30.4 Å². The van der Waals surface area contributed by atoms with Gasteiger partial charge in [-0.25, -0.2) is 4.98 Å². The SMILES string of the molecule is CC1CCNC1CNC(=O)c1ccc2cncc(Br)c2n1. The summed E-state index contributed by atoms with van der Waals surface area (Å²) in [6.45, 7) is 3.86. The van der Waals surface area contributed by atoms with Crippen molar-refractivity contribution in [3.63, 3.8) is 0 Å². The van der Waals surface area contributed by atoms with E-state index in [0.717, 1.165) is 28.3 Å². The molecule has 1 saturated heterocycles. The number of hydrogen-bond donors (Lipinski definition) is 2. The van der Waals surface area contributed by atoms with Crippen LogP contribution in [0.3, 0.4) is 0 Å². The number of pyridine rings is 2. The summed E-state index contributed by atoms with van der Waals surface area (Å²) >= 11 is 3.41. The number of carbonyl (C=O) groups excluding carboxylic acids is 1. The number of fused-ring (bicyclic) bond motifs is 1. The number of aromatic nitrogens is 2. The second kappa shape index (κ2) is 6.07. The van der Waals surface area contributed by atoms with Gasteiger partial charge in [-0.15, -0.1) is 0 Å². The smallest absolute Gasteiger partial charge is 0.269 e. The van der Waals surface area contributed by atoms with E-state index in [1.54, 1.807) is 18.5 Å². The maximum Gasteiger partial charge on any atom is 0.269 e. The van der Waals surface area contributed by atoms with Crippen LogP contribution in [0.25, 0.3) is 10.9 Å². The highest BCUT2D eigenvalue weighted by molar-refractivity contribution is 9.10. The summed E-state index contributed by atoms with van der Waals surface area (Å²) in [5.41, 5.74) is 1.19. The standard InChI is InChI=1S/C15H17BrN4O/c1-9-4-5-18-13(9)8-19-15(21)12-3-2-10-6-17-7-11(16)14(10)20-12/h2-3,6-7,9,13,18H,4-5,8H2,1H3,(H,19,21). The fourth-order valence-corrected chi connectivity index (χ4v) is 3.04. The fraction of sp³-hybridized carbons (Fsp3) is 0.400. The molecular weight excluding hydrogens is 332 g/mol. The van der Waals surface area contributed by atoms with Crippen LogP contribution in [0.1, 0.15) is 23.8 Å². The molecule has 3 rings (SSSR count). The molecule has 2 aromatic rings. The van der Waals surface area contributed by atoms with Gasteiger partial charge in [-0.3, -0.25) is 9.78 Å². The lowest BCUT2D eigenvalue weighted by Crippen LogP contribution is -2.40. The first-order chi connectivity index (χ1) is 10.1. The molecule has 1 amide bonds. The quantitative estimate of drug-likeness (QED) is 0.891. The zero-order valence-electron chi connectivity index (χ0n) is 11.8. The van der Waals surface area contributed by atoms with Crippen LogP contribution >= 0.6 is 15.9 Å². The highest BCUT2D eigenvalue weighted by Crippen LogP contribution is 2.20. The van der Waals surface area contributed by atoms with Crippen molar-refractivity contribution in [2.45, 2.75) is 19.4 Å². The van der Waals surface area contributed by atoms with Gasteiger partial charge in [-0.1, -0.05) is 6.92 Å². The fourth-order valence-electron chi connectivity index (χ4n) is 2.60. The third kappa shape index (κ3) is 3.06. The molecule has 3 heterocycles. The van der Waals surface area contributed by atoms with Crippen molar-refractivity contribution in [3.8, 4) is 0 Å². The van der Waals surface area contributed by atoms with E-state index in [2.05, 4.69) is 43.5 Å². The van der Waals surface area contributed by atoms with E-state index in [1.165, 1.54) is 0 Å². The van der Waals surface area contributed by atoms with E-state index >= 15 is 0 Å². The van der Waals surface area contributed by atoms with Gasteiger partial charge in [0.25, 0.3) is 5.91 Å². The van der Waals surface area contributed by atoms with Crippen LogP contribution in [0.5, 0.6) is 0 Å². The van der Waals surface area contributed by atoms with Crippen LogP contribution < -0.4 is 10.6 Å². The molecule has 2 aromatic heterocycles. The van der Waals surface area contributed by atoms with E-state index in [4.69, 9.17) is 0 Å². The lowest BCUT2D eigenvalue weighted by molar-refractivity contribution is 0.0944. The molecule has 5 nitrogen and oxygen atoms in total.